The van der Waals surface area contributed by atoms with Gasteiger partial charge in [-0.2, -0.15) is 0 Å². The Hall–Kier alpha value is -2.92. The first kappa shape index (κ1) is 34.4. The quantitative estimate of drug-likeness (QED) is 0.317. The van der Waals surface area contributed by atoms with Crippen LogP contribution in [0.3, 0.4) is 0 Å². The Balaban J connectivity index is 1.59. The Morgan fingerprint density at radius 2 is 1.96 bits per heavy atom. The zero-order chi connectivity index (χ0) is 32.9. The number of fused-ring (bicyclic) bond motifs is 3. The van der Waals surface area contributed by atoms with Crippen molar-refractivity contribution in [3.05, 3.63) is 70.3 Å². The second-order valence-electron chi connectivity index (χ2n) is 12.8. The molecule has 5 atom stereocenters. The van der Waals surface area contributed by atoms with E-state index in [9.17, 15) is 18.0 Å². The molecule has 3 aliphatic rings. The van der Waals surface area contributed by atoms with Crippen molar-refractivity contribution in [3.8, 4) is 5.75 Å². The third-order valence-corrected chi connectivity index (χ3v) is 12.2. The van der Waals surface area contributed by atoms with Gasteiger partial charge in [-0.1, -0.05) is 30.7 Å². The molecule has 2 aromatic rings. The number of carbonyl (C=O) groups excluding carboxylic acids is 2. The molecule has 9 nitrogen and oxygen atoms in total. The fourth-order valence-electron chi connectivity index (χ4n) is 7.12. The van der Waals surface area contributed by atoms with E-state index in [-0.39, 0.29) is 36.3 Å². The van der Waals surface area contributed by atoms with Crippen molar-refractivity contribution < 1.29 is 32.2 Å². The van der Waals surface area contributed by atoms with Crippen LogP contribution in [0.15, 0.2) is 48.6 Å². The highest BCUT2D eigenvalue weighted by Crippen LogP contribution is 2.45. The number of aryl methyl sites for hydroxylation is 1. The predicted octanol–water partition coefficient (Wildman–Crippen LogP) is 5.73. The number of hydrogen-bond donors (Lipinski definition) is 1. The number of benzene rings is 2. The molecule has 5 rings (SSSR count). The molecule has 2 heterocycles. The number of halogens is 1. The van der Waals surface area contributed by atoms with E-state index in [2.05, 4.69) is 9.62 Å². The van der Waals surface area contributed by atoms with Crippen LogP contribution in [0, 0.1) is 17.8 Å². The van der Waals surface area contributed by atoms with Crippen LogP contribution in [0.4, 0.5) is 5.69 Å². The van der Waals surface area contributed by atoms with Crippen molar-refractivity contribution in [1.29, 1.82) is 0 Å². The lowest BCUT2D eigenvalue weighted by Crippen LogP contribution is -2.52. The topological polar surface area (TPSA) is 111 Å². The molecule has 250 valence electrons. The lowest BCUT2D eigenvalue weighted by molar-refractivity contribution is -0.135. The number of carbonyl (C=O) groups is 2. The van der Waals surface area contributed by atoms with Crippen LogP contribution in [0.1, 0.15) is 66.9 Å². The highest BCUT2D eigenvalue weighted by atomic mass is 35.5. The van der Waals surface area contributed by atoms with Gasteiger partial charge in [-0.15, -0.1) is 0 Å². The largest absolute Gasteiger partial charge is 0.487 e. The third kappa shape index (κ3) is 7.46. The van der Waals surface area contributed by atoms with Crippen LogP contribution in [-0.4, -0.2) is 65.4 Å². The highest BCUT2D eigenvalue weighted by Gasteiger charge is 2.47. The molecule has 1 aliphatic carbocycles. The first-order chi connectivity index (χ1) is 22.1. The number of ether oxygens (including phenoxy) is 3. The highest BCUT2D eigenvalue weighted by molar-refractivity contribution is 7.90. The monoisotopic (exact) mass is 672 g/mol. The molecule has 0 spiro atoms. The number of anilines is 1. The van der Waals surface area contributed by atoms with Crippen molar-refractivity contribution in [3.63, 3.8) is 0 Å². The molecule has 0 aromatic heterocycles. The van der Waals surface area contributed by atoms with Crippen LogP contribution < -0.4 is 14.4 Å². The first-order valence-electron chi connectivity index (χ1n) is 16.1. The second kappa shape index (κ2) is 14.9. The van der Waals surface area contributed by atoms with Gasteiger partial charge in [0.1, 0.15) is 18.0 Å². The van der Waals surface area contributed by atoms with Crippen molar-refractivity contribution in [2.24, 2.45) is 17.8 Å². The fourth-order valence-corrected chi connectivity index (χ4v) is 8.98. The summed E-state index contributed by atoms with van der Waals surface area (Å²) in [5.41, 5.74) is 2.02. The number of rotatable bonds is 5. The van der Waals surface area contributed by atoms with Gasteiger partial charge in [-0.3, -0.25) is 9.59 Å². The van der Waals surface area contributed by atoms with E-state index < -0.39 is 26.8 Å². The minimum atomic E-state index is -4.09. The van der Waals surface area contributed by atoms with Crippen LogP contribution in [0.5, 0.6) is 5.75 Å². The summed E-state index contributed by atoms with van der Waals surface area (Å²) in [6.45, 7) is 3.69. The number of sulfonamides is 1. The summed E-state index contributed by atoms with van der Waals surface area (Å²) in [7, 11) is -1.01. The lowest BCUT2D eigenvalue weighted by atomic mass is 9.64. The van der Waals surface area contributed by atoms with Crippen molar-refractivity contribution in [2.75, 3.05) is 38.8 Å². The van der Waals surface area contributed by atoms with Crippen LogP contribution in [-0.2, 0) is 37.3 Å². The number of amides is 1. The van der Waals surface area contributed by atoms with Gasteiger partial charge in [0, 0.05) is 50.4 Å². The molecule has 46 heavy (non-hydrogen) atoms. The molecule has 1 fully saturated rings. The number of hydrogen-bond acceptors (Lipinski definition) is 8. The summed E-state index contributed by atoms with van der Waals surface area (Å²) in [4.78, 5) is 28.5. The average molecular weight is 673 g/mol. The Morgan fingerprint density at radius 3 is 2.67 bits per heavy atom. The molecule has 2 aromatic carbocycles. The van der Waals surface area contributed by atoms with Gasteiger partial charge >= 0.3 is 0 Å². The molecule has 0 unspecified atom stereocenters. The van der Waals surface area contributed by atoms with Crippen molar-refractivity contribution in [1.82, 2.24) is 4.72 Å². The summed E-state index contributed by atoms with van der Waals surface area (Å²) in [6.07, 6.45) is 9.55. The molecular weight excluding hydrogens is 628 g/mol. The zero-order valence-corrected chi connectivity index (χ0v) is 28.4. The Bertz CT molecular complexity index is 1550. The molecule has 0 radical (unpaired) electrons. The summed E-state index contributed by atoms with van der Waals surface area (Å²) in [5.74, 6) is -0.351. The minimum absolute atomic E-state index is 0.0529. The predicted molar refractivity (Wildman–Crippen MR) is 179 cm³/mol. The van der Waals surface area contributed by atoms with Gasteiger partial charge in [0.2, 0.25) is 10.0 Å². The maximum atomic E-state index is 13.7. The summed E-state index contributed by atoms with van der Waals surface area (Å²) in [6, 6.07) is 10.9. The minimum Gasteiger partial charge on any atom is -0.487 e. The third-order valence-electron chi connectivity index (χ3n) is 9.99. The van der Waals surface area contributed by atoms with E-state index in [1.165, 1.54) is 7.11 Å². The van der Waals surface area contributed by atoms with E-state index in [1.54, 1.807) is 25.3 Å². The van der Waals surface area contributed by atoms with Crippen LogP contribution in [0.25, 0.3) is 0 Å². The molecule has 1 amide bonds. The van der Waals surface area contributed by atoms with E-state index in [0.29, 0.717) is 42.6 Å². The normalized spacial score (nSPS) is 29.0. The van der Waals surface area contributed by atoms with Gasteiger partial charge in [0.15, 0.2) is 6.29 Å². The van der Waals surface area contributed by atoms with Crippen molar-refractivity contribution >= 4 is 39.5 Å². The van der Waals surface area contributed by atoms with Gasteiger partial charge in [0.25, 0.3) is 5.91 Å². The molecular formula is C35H45ClN2O7S. The van der Waals surface area contributed by atoms with Crippen molar-refractivity contribution in [2.45, 2.75) is 69.3 Å². The fraction of sp³-hybridized carbons (Fsp3) is 0.543. The summed E-state index contributed by atoms with van der Waals surface area (Å²) >= 11 is 6.33. The Morgan fingerprint density at radius 1 is 1.13 bits per heavy atom. The molecule has 11 heteroatoms. The van der Waals surface area contributed by atoms with E-state index >= 15 is 0 Å². The molecule has 2 bridgehead atoms. The lowest BCUT2D eigenvalue weighted by Gasteiger charge is -2.47. The SMILES string of the molecule is COCC[C@@H]1[C@@H](C)C/C=C/[C@](C=O)(OC)[C@@H]2CC[C@H]2CN2CCCCc3cc(Cl)ccc3COc3ccc(cc32)C(=O)NS1(=O)=O. The van der Waals surface area contributed by atoms with Gasteiger partial charge in [-0.05, 0) is 104 Å². The van der Waals surface area contributed by atoms with Gasteiger partial charge < -0.3 is 19.1 Å². The maximum absolute atomic E-state index is 13.7. The summed E-state index contributed by atoms with van der Waals surface area (Å²) in [5, 5.41) is -0.210. The maximum Gasteiger partial charge on any atom is 0.264 e. The van der Waals surface area contributed by atoms with Gasteiger partial charge in [0.05, 0.1) is 10.9 Å². The number of nitrogens with one attached hydrogen (secondary N) is 1. The van der Waals surface area contributed by atoms with Crippen LogP contribution in [0.2, 0.25) is 5.02 Å². The molecule has 0 saturated heterocycles. The summed E-state index contributed by atoms with van der Waals surface area (Å²) < 4.78 is 47.3. The first-order valence-corrected chi connectivity index (χ1v) is 18.1. The molecule has 2 aliphatic heterocycles. The smallest absolute Gasteiger partial charge is 0.264 e. The number of methoxy groups -OCH3 is 2. The number of allylic oxidation sites excluding steroid dienone is 1. The van der Waals surface area contributed by atoms with E-state index in [4.69, 9.17) is 25.8 Å². The van der Waals surface area contributed by atoms with Gasteiger partial charge in [-0.25, -0.2) is 13.1 Å². The number of nitrogens with zero attached hydrogens (tertiary/aromatic N) is 1. The molecule has 1 N–H and O–H groups in total. The van der Waals surface area contributed by atoms with E-state index in [0.717, 1.165) is 49.5 Å². The molecule has 1 saturated carbocycles. The number of aldehydes is 1. The zero-order valence-electron chi connectivity index (χ0n) is 26.9. The Kier molecular flexibility index (Phi) is 11.1. The average Bonchev–Trinajstić information content (AvgIpc) is 3.05. The van der Waals surface area contributed by atoms with E-state index in [1.807, 2.05) is 37.3 Å². The standard InChI is InChI=1S/C35H45ClN2O7S/c1-24-7-6-16-35(23-39,44-3)30-13-10-27(30)21-38-17-5-4-8-25-19-29(36)12-9-28(25)22-45-32-14-11-26(20-31(32)38)34(40)37-46(41,42)33(24)15-18-43-2/h6,9,11-12,14,16,19-20,23-24,27,30,33H,4-5,7-8,10,13,15,17-18,21-22H2,1-3H3,(H,37,40)/b16-6+/t24-,27-,30+,33+,35+/m0/s1. The van der Waals surface area contributed by atoms with Crippen LogP contribution >= 0.6 is 11.6 Å². The second-order valence-corrected chi connectivity index (χ2v) is 15.2. The Labute approximate surface area is 277 Å².